The minimum Gasteiger partial charge on any atom is -0.420 e. The van der Waals surface area contributed by atoms with Crippen LogP contribution in [0.3, 0.4) is 0 Å². The minimum absolute atomic E-state index is 0.0490. The highest BCUT2D eigenvalue weighted by atomic mass is 32.2. The molecule has 0 spiro atoms. The number of hydrogen-bond acceptors (Lipinski definition) is 6. The van der Waals surface area contributed by atoms with Crippen molar-refractivity contribution in [3.05, 3.63) is 18.0 Å². The van der Waals surface area contributed by atoms with Crippen LogP contribution in [0, 0.1) is 0 Å². The van der Waals surface area contributed by atoms with Gasteiger partial charge in [-0.05, 0) is 37.8 Å². The third kappa shape index (κ3) is 3.55. The second kappa shape index (κ2) is 6.57. The van der Waals surface area contributed by atoms with Crippen LogP contribution in [0.2, 0.25) is 0 Å². The van der Waals surface area contributed by atoms with E-state index in [4.69, 9.17) is 4.42 Å². The van der Waals surface area contributed by atoms with Crippen molar-refractivity contribution in [1.29, 1.82) is 0 Å². The van der Waals surface area contributed by atoms with Gasteiger partial charge < -0.3 is 4.42 Å². The van der Waals surface area contributed by atoms with Gasteiger partial charge in [0.2, 0.25) is 15.9 Å². The molecule has 6 nitrogen and oxygen atoms in total. The number of rotatable bonds is 5. The number of thiophene rings is 1. The van der Waals surface area contributed by atoms with E-state index in [2.05, 4.69) is 14.9 Å². The van der Waals surface area contributed by atoms with E-state index < -0.39 is 10.0 Å². The van der Waals surface area contributed by atoms with E-state index in [1.165, 1.54) is 24.2 Å². The molecule has 2 aromatic rings. The second-order valence-corrected chi connectivity index (χ2v) is 9.67. The van der Waals surface area contributed by atoms with Crippen molar-refractivity contribution in [3.63, 3.8) is 0 Å². The molecule has 130 valence electrons. The fourth-order valence-corrected chi connectivity index (χ4v) is 5.63. The van der Waals surface area contributed by atoms with Crippen LogP contribution >= 0.6 is 11.3 Å². The lowest BCUT2D eigenvalue weighted by Crippen LogP contribution is -2.33. The molecule has 2 aliphatic rings. The van der Waals surface area contributed by atoms with Crippen molar-refractivity contribution in [2.75, 3.05) is 0 Å². The van der Waals surface area contributed by atoms with Gasteiger partial charge in [0, 0.05) is 12.0 Å². The summed E-state index contributed by atoms with van der Waals surface area (Å²) in [6.07, 6.45) is 8.61. The Bertz CT molecular complexity index is 800. The maximum Gasteiger partial charge on any atom is 0.257 e. The van der Waals surface area contributed by atoms with Crippen LogP contribution in [-0.4, -0.2) is 24.7 Å². The van der Waals surface area contributed by atoms with Gasteiger partial charge in [0.1, 0.15) is 4.21 Å². The number of nitrogens with one attached hydrogen (secondary N) is 1. The highest BCUT2D eigenvalue weighted by Gasteiger charge is 2.30. The summed E-state index contributed by atoms with van der Waals surface area (Å²) in [6.45, 7) is 0. The van der Waals surface area contributed by atoms with Gasteiger partial charge in [-0.2, -0.15) is 0 Å². The quantitative estimate of drug-likeness (QED) is 0.815. The Morgan fingerprint density at radius 1 is 1.04 bits per heavy atom. The monoisotopic (exact) mass is 367 g/mol. The molecule has 2 fully saturated rings. The lowest BCUT2D eigenvalue weighted by molar-refractivity contribution is 0.509. The number of hydrogen-bond donors (Lipinski definition) is 1. The Kier molecular flexibility index (Phi) is 4.44. The third-order valence-corrected chi connectivity index (χ3v) is 7.69. The molecule has 0 aromatic carbocycles. The first kappa shape index (κ1) is 16.2. The molecular formula is C16H21N3O3S2. The lowest BCUT2D eigenvalue weighted by Gasteiger charge is -2.15. The van der Waals surface area contributed by atoms with E-state index in [0.29, 0.717) is 26.8 Å². The summed E-state index contributed by atoms with van der Waals surface area (Å²) in [5, 5.41) is 8.10. The Labute approximate surface area is 145 Å². The van der Waals surface area contributed by atoms with Gasteiger partial charge in [0.05, 0.1) is 4.88 Å². The van der Waals surface area contributed by atoms with Crippen molar-refractivity contribution >= 4 is 21.4 Å². The summed E-state index contributed by atoms with van der Waals surface area (Å²) in [7, 11) is -3.48. The Hall–Kier alpha value is -1.25. The normalized spacial score (nSPS) is 20.2. The van der Waals surface area contributed by atoms with Gasteiger partial charge >= 0.3 is 0 Å². The zero-order valence-electron chi connectivity index (χ0n) is 13.4. The fourth-order valence-electron chi connectivity index (χ4n) is 3.08. The summed E-state index contributed by atoms with van der Waals surface area (Å²) in [4.78, 5) is 0.704. The van der Waals surface area contributed by atoms with Gasteiger partial charge in [-0.3, -0.25) is 0 Å². The third-order valence-electron chi connectivity index (χ3n) is 4.60. The molecule has 0 saturated heterocycles. The zero-order chi connectivity index (χ0) is 16.6. The highest BCUT2D eigenvalue weighted by Crippen LogP contribution is 2.40. The predicted molar refractivity (Wildman–Crippen MR) is 91.4 cm³/mol. The average Bonchev–Trinajstić information content (AvgIpc) is 3.16. The first-order valence-electron chi connectivity index (χ1n) is 8.58. The zero-order valence-corrected chi connectivity index (χ0v) is 15.0. The topological polar surface area (TPSA) is 85.1 Å². The summed E-state index contributed by atoms with van der Waals surface area (Å²) in [5.41, 5.74) is 0. The smallest absolute Gasteiger partial charge is 0.257 e. The SMILES string of the molecule is O=S(=O)(NC1CCCCCC1)c1ccc(-c2nnc(C3CC3)o2)s1. The number of aromatic nitrogens is 2. The van der Waals surface area contributed by atoms with Gasteiger partial charge in [0.25, 0.3) is 5.89 Å². The molecule has 0 radical (unpaired) electrons. The Morgan fingerprint density at radius 3 is 2.50 bits per heavy atom. The molecule has 8 heteroatoms. The van der Waals surface area contributed by atoms with Gasteiger partial charge in [-0.25, -0.2) is 13.1 Å². The fraction of sp³-hybridized carbons (Fsp3) is 0.625. The molecule has 2 aliphatic carbocycles. The second-order valence-electron chi connectivity index (χ2n) is 6.65. The van der Waals surface area contributed by atoms with Crippen LogP contribution in [0.15, 0.2) is 20.8 Å². The van der Waals surface area contributed by atoms with Crippen LogP contribution in [0.4, 0.5) is 0 Å². The predicted octanol–water partition coefficient (Wildman–Crippen LogP) is 3.68. The van der Waals surface area contributed by atoms with Crippen molar-refractivity contribution < 1.29 is 12.8 Å². The Balaban J connectivity index is 1.49. The van der Waals surface area contributed by atoms with Crippen LogP contribution in [0.5, 0.6) is 0 Å². The molecular weight excluding hydrogens is 346 g/mol. The molecule has 0 atom stereocenters. The van der Waals surface area contributed by atoms with Gasteiger partial charge in [-0.1, -0.05) is 25.7 Å². The summed E-state index contributed by atoms with van der Waals surface area (Å²) < 4.78 is 34.1. The van der Waals surface area contributed by atoms with Gasteiger partial charge in [0.15, 0.2) is 0 Å². The van der Waals surface area contributed by atoms with Crippen molar-refractivity contribution in [2.45, 2.75) is 67.5 Å². The van der Waals surface area contributed by atoms with E-state index in [1.807, 2.05) is 0 Å². The molecule has 24 heavy (non-hydrogen) atoms. The molecule has 1 N–H and O–H groups in total. The highest BCUT2D eigenvalue weighted by molar-refractivity contribution is 7.91. The maximum atomic E-state index is 12.6. The van der Waals surface area contributed by atoms with Crippen molar-refractivity contribution in [3.8, 4) is 10.8 Å². The van der Waals surface area contributed by atoms with Crippen LogP contribution in [0.25, 0.3) is 10.8 Å². The summed E-state index contributed by atoms with van der Waals surface area (Å²) >= 11 is 1.19. The van der Waals surface area contributed by atoms with E-state index in [9.17, 15) is 8.42 Å². The van der Waals surface area contributed by atoms with Crippen LogP contribution < -0.4 is 4.72 Å². The molecule has 4 rings (SSSR count). The van der Waals surface area contributed by atoms with E-state index in [-0.39, 0.29) is 6.04 Å². The molecule has 2 aromatic heterocycles. The molecule has 2 heterocycles. The summed E-state index contributed by atoms with van der Waals surface area (Å²) in [5.74, 6) is 1.48. The molecule has 0 bridgehead atoms. The number of nitrogens with zero attached hydrogens (tertiary/aromatic N) is 2. The molecule has 2 saturated carbocycles. The summed E-state index contributed by atoms with van der Waals surface area (Å²) in [6, 6.07) is 3.42. The first-order chi connectivity index (χ1) is 11.6. The largest absolute Gasteiger partial charge is 0.420 e. The minimum atomic E-state index is -3.48. The lowest BCUT2D eigenvalue weighted by atomic mass is 10.1. The van der Waals surface area contributed by atoms with E-state index >= 15 is 0 Å². The Morgan fingerprint density at radius 2 is 1.79 bits per heavy atom. The maximum absolute atomic E-state index is 12.6. The van der Waals surface area contributed by atoms with E-state index in [1.54, 1.807) is 12.1 Å². The molecule has 0 unspecified atom stereocenters. The van der Waals surface area contributed by atoms with Crippen molar-refractivity contribution in [2.24, 2.45) is 0 Å². The van der Waals surface area contributed by atoms with Crippen LogP contribution in [-0.2, 0) is 10.0 Å². The molecule has 0 aliphatic heterocycles. The van der Waals surface area contributed by atoms with E-state index in [0.717, 1.165) is 38.5 Å². The number of sulfonamides is 1. The van der Waals surface area contributed by atoms with Crippen molar-refractivity contribution in [1.82, 2.24) is 14.9 Å². The van der Waals surface area contributed by atoms with Crippen LogP contribution in [0.1, 0.15) is 63.2 Å². The average molecular weight is 367 g/mol. The standard InChI is InChI=1S/C16H21N3O3S2/c20-24(21,19-12-5-3-1-2-4-6-12)14-10-9-13(23-14)16-18-17-15(22-16)11-7-8-11/h9-12,19H,1-8H2. The first-order valence-corrected chi connectivity index (χ1v) is 10.9. The van der Waals surface area contributed by atoms with Gasteiger partial charge in [-0.15, -0.1) is 21.5 Å². The molecule has 0 amide bonds.